The molecule has 2 rings (SSSR count). The predicted molar refractivity (Wildman–Crippen MR) is 93.1 cm³/mol. The molecule has 2 amide bonds. The summed E-state index contributed by atoms with van der Waals surface area (Å²) >= 11 is 5.92. The maximum absolute atomic E-state index is 11.9. The van der Waals surface area contributed by atoms with E-state index in [1.165, 1.54) is 0 Å². The molecule has 24 heavy (non-hydrogen) atoms. The van der Waals surface area contributed by atoms with Gasteiger partial charge in [0.05, 0.1) is 10.6 Å². The van der Waals surface area contributed by atoms with Gasteiger partial charge in [0.25, 0.3) is 11.8 Å². The molecule has 2 aromatic rings. The second-order valence-electron chi connectivity index (χ2n) is 5.46. The maximum atomic E-state index is 11.9. The zero-order chi connectivity index (χ0) is 17.5. The van der Waals surface area contributed by atoms with Gasteiger partial charge in [-0.05, 0) is 29.7 Å². The van der Waals surface area contributed by atoms with Crippen molar-refractivity contribution in [2.75, 3.05) is 6.61 Å². The van der Waals surface area contributed by atoms with Gasteiger partial charge in [0.15, 0.2) is 6.61 Å². The lowest BCUT2D eigenvalue weighted by atomic mass is 10.0. The van der Waals surface area contributed by atoms with E-state index in [0.717, 1.165) is 5.56 Å². The molecular weight excluding hydrogens is 328 g/mol. The minimum absolute atomic E-state index is 0.202. The molecule has 2 aromatic carbocycles. The molecule has 6 heteroatoms. The highest BCUT2D eigenvalue weighted by Gasteiger charge is 2.12. The van der Waals surface area contributed by atoms with Crippen LogP contribution < -0.4 is 15.6 Å². The summed E-state index contributed by atoms with van der Waals surface area (Å²) < 4.78 is 5.53. The molecule has 0 saturated carbocycles. The van der Waals surface area contributed by atoms with Crippen molar-refractivity contribution >= 4 is 23.4 Å². The van der Waals surface area contributed by atoms with Crippen molar-refractivity contribution in [3.63, 3.8) is 0 Å². The van der Waals surface area contributed by atoms with E-state index in [0.29, 0.717) is 10.8 Å². The van der Waals surface area contributed by atoms with E-state index in [-0.39, 0.29) is 18.1 Å². The summed E-state index contributed by atoms with van der Waals surface area (Å²) in [6.07, 6.45) is 0. The lowest BCUT2D eigenvalue weighted by Crippen LogP contribution is -2.43. The van der Waals surface area contributed by atoms with Gasteiger partial charge in [0.1, 0.15) is 5.75 Å². The van der Waals surface area contributed by atoms with Gasteiger partial charge in [-0.2, -0.15) is 0 Å². The van der Waals surface area contributed by atoms with Crippen molar-refractivity contribution in [1.82, 2.24) is 10.9 Å². The highest BCUT2D eigenvalue weighted by atomic mass is 35.5. The van der Waals surface area contributed by atoms with Crippen LogP contribution in [0.5, 0.6) is 5.75 Å². The first-order valence-electron chi connectivity index (χ1n) is 7.54. The molecule has 126 valence electrons. The third kappa shape index (κ3) is 4.73. The molecule has 0 unspecified atom stereocenters. The third-order valence-electron chi connectivity index (χ3n) is 3.33. The van der Waals surface area contributed by atoms with Crippen molar-refractivity contribution < 1.29 is 14.3 Å². The second-order valence-corrected chi connectivity index (χ2v) is 5.87. The van der Waals surface area contributed by atoms with Crippen LogP contribution in [0.1, 0.15) is 35.7 Å². The topological polar surface area (TPSA) is 67.4 Å². The lowest BCUT2D eigenvalue weighted by molar-refractivity contribution is -0.123. The predicted octanol–water partition coefficient (Wildman–Crippen LogP) is 3.30. The van der Waals surface area contributed by atoms with Crippen LogP contribution in [0, 0.1) is 0 Å². The lowest BCUT2D eigenvalue weighted by Gasteiger charge is -2.14. The molecule has 0 saturated heterocycles. The van der Waals surface area contributed by atoms with E-state index >= 15 is 0 Å². The van der Waals surface area contributed by atoms with Crippen LogP contribution in [0.3, 0.4) is 0 Å². The molecule has 0 aromatic heterocycles. The number of carbonyl (C=O) groups excluding carboxylic acids is 2. The van der Waals surface area contributed by atoms with Crippen LogP contribution in [0.4, 0.5) is 0 Å². The number of carbonyl (C=O) groups is 2. The maximum Gasteiger partial charge on any atom is 0.276 e. The highest BCUT2D eigenvalue weighted by Crippen LogP contribution is 2.25. The molecule has 0 radical (unpaired) electrons. The summed E-state index contributed by atoms with van der Waals surface area (Å²) in [6, 6.07) is 14.1. The van der Waals surface area contributed by atoms with Crippen molar-refractivity contribution in [2.45, 2.75) is 19.8 Å². The molecule has 0 fully saturated rings. The summed E-state index contributed by atoms with van der Waals surface area (Å²) in [4.78, 5) is 23.8. The van der Waals surface area contributed by atoms with Crippen LogP contribution >= 0.6 is 11.6 Å². The van der Waals surface area contributed by atoms with Gasteiger partial charge in [-0.1, -0.05) is 55.8 Å². The Hall–Kier alpha value is -2.53. The summed E-state index contributed by atoms with van der Waals surface area (Å²) in [5, 5.41) is 0.311. The van der Waals surface area contributed by atoms with E-state index < -0.39 is 11.8 Å². The van der Waals surface area contributed by atoms with E-state index in [4.69, 9.17) is 16.3 Å². The van der Waals surface area contributed by atoms with E-state index in [9.17, 15) is 9.59 Å². The number of ether oxygens (including phenoxy) is 1. The second kappa shape index (κ2) is 8.36. The molecule has 0 aliphatic rings. The molecule has 0 bridgehead atoms. The zero-order valence-corrected chi connectivity index (χ0v) is 14.3. The van der Waals surface area contributed by atoms with Crippen LogP contribution in [-0.2, 0) is 4.79 Å². The summed E-state index contributed by atoms with van der Waals surface area (Å²) in [7, 11) is 0. The minimum Gasteiger partial charge on any atom is -0.483 e. The first kappa shape index (κ1) is 17.8. The fourth-order valence-corrected chi connectivity index (χ4v) is 2.33. The zero-order valence-electron chi connectivity index (χ0n) is 13.5. The Morgan fingerprint density at radius 3 is 2.42 bits per heavy atom. The minimum atomic E-state index is -0.489. The Balaban J connectivity index is 1.86. The molecule has 0 spiro atoms. The van der Waals surface area contributed by atoms with E-state index in [1.807, 2.05) is 38.1 Å². The number of para-hydroxylation sites is 1. The van der Waals surface area contributed by atoms with Crippen LogP contribution in [0.25, 0.3) is 0 Å². The van der Waals surface area contributed by atoms with Crippen LogP contribution in [0.15, 0.2) is 48.5 Å². The Labute approximate surface area is 145 Å². The Morgan fingerprint density at radius 1 is 1.04 bits per heavy atom. The average Bonchev–Trinajstić information content (AvgIpc) is 2.58. The largest absolute Gasteiger partial charge is 0.483 e. The smallest absolute Gasteiger partial charge is 0.276 e. The first-order chi connectivity index (χ1) is 11.5. The number of benzene rings is 2. The fourth-order valence-electron chi connectivity index (χ4n) is 2.11. The molecule has 0 aliphatic carbocycles. The summed E-state index contributed by atoms with van der Waals surface area (Å²) in [5.74, 6) is -0.0187. The average molecular weight is 347 g/mol. The van der Waals surface area contributed by atoms with Gasteiger partial charge in [-0.15, -0.1) is 0 Å². The normalized spacial score (nSPS) is 10.3. The first-order valence-corrected chi connectivity index (χ1v) is 7.92. The third-order valence-corrected chi connectivity index (χ3v) is 3.66. The molecule has 0 atom stereocenters. The Kier molecular flexibility index (Phi) is 6.21. The number of nitrogens with one attached hydrogen (secondary N) is 2. The van der Waals surface area contributed by atoms with E-state index in [2.05, 4.69) is 10.9 Å². The quantitative estimate of drug-likeness (QED) is 0.816. The van der Waals surface area contributed by atoms with Gasteiger partial charge in [0, 0.05) is 0 Å². The fraction of sp³-hybridized carbons (Fsp3) is 0.222. The number of hydrazine groups is 1. The molecule has 5 nitrogen and oxygen atoms in total. The van der Waals surface area contributed by atoms with Gasteiger partial charge in [-0.3, -0.25) is 20.4 Å². The SMILES string of the molecule is CC(C)c1ccccc1OCC(=O)NNC(=O)c1ccccc1Cl. The standard InChI is InChI=1S/C18H19ClN2O3/c1-12(2)13-7-4-6-10-16(13)24-11-17(22)20-21-18(23)14-8-3-5-9-15(14)19/h3-10,12H,11H2,1-2H3,(H,20,22)(H,21,23). The summed E-state index contributed by atoms with van der Waals surface area (Å²) in [6.45, 7) is 3.89. The monoisotopic (exact) mass is 346 g/mol. The van der Waals surface area contributed by atoms with Gasteiger partial charge < -0.3 is 4.74 Å². The summed E-state index contributed by atoms with van der Waals surface area (Å²) in [5.41, 5.74) is 5.92. The van der Waals surface area contributed by atoms with Crippen molar-refractivity contribution in [1.29, 1.82) is 0 Å². The van der Waals surface area contributed by atoms with Gasteiger partial charge in [0.2, 0.25) is 0 Å². The van der Waals surface area contributed by atoms with Crippen molar-refractivity contribution in [3.05, 3.63) is 64.7 Å². The number of hydrogen-bond acceptors (Lipinski definition) is 3. The number of rotatable bonds is 5. The van der Waals surface area contributed by atoms with Crippen LogP contribution in [0.2, 0.25) is 5.02 Å². The van der Waals surface area contributed by atoms with Gasteiger partial charge in [-0.25, -0.2) is 0 Å². The molecule has 2 N–H and O–H groups in total. The van der Waals surface area contributed by atoms with Crippen molar-refractivity contribution in [2.24, 2.45) is 0 Å². The highest BCUT2D eigenvalue weighted by molar-refractivity contribution is 6.33. The molecule has 0 heterocycles. The molecular formula is C18H19ClN2O3. The number of hydrogen-bond donors (Lipinski definition) is 2. The van der Waals surface area contributed by atoms with Crippen molar-refractivity contribution in [3.8, 4) is 5.75 Å². The Bertz CT molecular complexity index is 732. The van der Waals surface area contributed by atoms with E-state index in [1.54, 1.807) is 24.3 Å². The Morgan fingerprint density at radius 2 is 1.71 bits per heavy atom. The number of amides is 2. The molecule has 0 aliphatic heterocycles. The van der Waals surface area contributed by atoms with Gasteiger partial charge >= 0.3 is 0 Å². The number of halogens is 1. The van der Waals surface area contributed by atoms with Crippen LogP contribution in [-0.4, -0.2) is 18.4 Å².